The fourth-order valence-corrected chi connectivity index (χ4v) is 1.71. The SMILES string of the molecule is CC(C)C(=O)Nc1ccc(C(CO)NC(C)(C)C)cn1. The van der Waals surface area contributed by atoms with Crippen molar-refractivity contribution in [2.75, 3.05) is 11.9 Å². The second-order valence-corrected chi connectivity index (χ2v) is 6.25. The lowest BCUT2D eigenvalue weighted by Gasteiger charge is -2.27. The van der Waals surface area contributed by atoms with Gasteiger partial charge in [0.1, 0.15) is 5.82 Å². The minimum Gasteiger partial charge on any atom is -0.394 e. The Bertz CT molecular complexity index is 435. The number of nitrogens with zero attached hydrogens (tertiary/aromatic N) is 1. The zero-order valence-electron chi connectivity index (χ0n) is 12.9. The number of carbonyl (C=O) groups is 1. The van der Waals surface area contributed by atoms with Crippen LogP contribution in [-0.4, -0.2) is 28.1 Å². The summed E-state index contributed by atoms with van der Waals surface area (Å²) < 4.78 is 0. The largest absolute Gasteiger partial charge is 0.394 e. The monoisotopic (exact) mass is 279 g/mol. The van der Waals surface area contributed by atoms with Gasteiger partial charge in [0.2, 0.25) is 5.91 Å². The molecule has 1 heterocycles. The third-order valence-corrected chi connectivity index (χ3v) is 2.75. The van der Waals surface area contributed by atoms with E-state index in [1.54, 1.807) is 12.3 Å². The Morgan fingerprint density at radius 3 is 2.40 bits per heavy atom. The molecule has 0 aliphatic rings. The van der Waals surface area contributed by atoms with Crippen molar-refractivity contribution in [3.63, 3.8) is 0 Å². The number of pyridine rings is 1. The molecule has 0 saturated carbocycles. The maximum Gasteiger partial charge on any atom is 0.228 e. The molecular weight excluding hydrogens is 254 g/mol. The van der Waals surface area contributed by atoms with Gasteiger partial charge in [-0.15, -0.1) is 0 Å². The molecule has 5 heteroatoms. The van der Waals surface area contributed by atoms with E-state index >= 15 is 0 Å². The second-order valence-electron chi connectivity index (χ2n) is 6.25. The first-order valence-electron chi connectivity index (χ1n) is 6.88. The Morgan fingerprint density at radius 1 is 1.35 bits per heavy atom. The number of amides is 1. The maximum absolute atomic E-state index is 11.6. The van der Waals surface area contributed by atoms with Gasteiger partial charge in [0.25, 0.3) is 0 Å². The predicted molar refractivity (Wildman–Crippen MR) is 80.4 cm³/mol. The highest BCUT2D eigenvalue weighted by atomic mass is 16.3. The van der Waals surface area contributed by atoms with Crippen LogP contribution in [0.1, 0.15) is 46.2 Å². The van der Waals surface area contributed by atoms with Crippen molar-refractivity contribution in [3.05, 3.63) is 23.9 Å². The van der Waals surface area contributed by atoms with Gasteiger partial charge in [-0.05, 0) is 32.4 Å². The van der Waals surface area contributed by atoms with E-state index in [-0.39, 0.29) is 30.0 Å². The summed E-state index contributed by atoms with van der Waals surface area (Å²) >= 11 is 0. The number of rotatable bonds is 5. The molecule has 0 aliphatic carbocycles. The molecular formula is C15H25N3O2. The van der Waals surface area contributed by atoms with Gasteiger partial charge in [-0.2, -0.15) is 0 Å². The van der Waals surface area contributed by atoms with Gasteiger partial charge >= 0.3 is 0 Å². The molecule has 0 radical (unpaired) electrons. The van der Waals surface area contributed by atoms with Gasteiger partial charge in [-0.25, -0.2) is 4.98 Å². The smallest absolute Gasteiger partial charge is 0.228 e. The Morgan fingerprint density at radius 2 is 2.00 bits per heavy atom. The molecule has 0 aliphatic heterocycles. The summed E-state index contributed by atoms with van der Waals surface area (Å²) in [5, 5.41) is 15.5. The summed E-state index contributed by atoms with van der Waals surface area (Å²) in [4.78, 5) is 15.8. The van der Waals surface area contributed by atoms with Gasteiger partial charge in [0.05, 0.1) is 12.6 Å². The molecule has 112 valence electrons. The van der Waals surface area contributed by atoms with Gasteiger partial charge in [-0.3, -0.25) is 4.79 Å². The lowest BCUT2D eigenvalue weighted by molar-refractivity contribution is -0.118. The zero-order valence-corrected chi connectivity index (χ0v) is 12.9. The van der Waals surface area contributed by atoms with Gasteiger partial charge in [-0.1, -0.05) is 19.9 Å². The van der Waals surface area contributed by atoms with Crippen molar-refractivity contribution in [1.29, 1.82) is 0 Å². The van der Waals surface area contributed by atoms with Crippen LogP contribution in [0.15, 0.2) is 18.3 Å². The van der Waals surface area contributed by atoms with Crippen LogP contribution in [0.3, 0.4) is 0 Å². The van der Waals surface area contributed by atoms with Crippen LogP contribution < -0.4 is 10.6 Å². The van der Waals surface area contributed by atoms with E-state index in [1.165, 1.54) is 0 Å². The topological polar surface area (TPSA) is 74.2 Å². The highest BCUT2D eigenvalue weighted by Gasteiger charge is 2.18. The summed E-state index contributed by atoms with van der Waals surface area (Å²) in [5.41, 5.74) is 0.794. The van der Waals surface area contributed by atoms with Crippen LogP contribution in [-0.2, 0) is 4.79 Å². The minimum atomic E-state index is -0.169. The number of carbonyl (C=O) groups excluding carboxylic acids is 1. The van der Waals surface area contributed by atoms with Crippen molar-refractivity contribution >= 4 is 11.7 Å². The van der Waals surface area contributed by atoms with Gasteiger partial charge in [0, 0.05) is 17.7 Å². The summed E-state index contributed by atoms with van der Waals surface area (Å²) in [5.74, 6) is 0.390. The first-order chi connectivity index (χ1) is 9.23. The molecule has 1 unspecified atom stereocenters. The van der Waals surface area contributed by atoms with Gasteiger partial charge < -0.3 is 15.7 Å². The quantitative estimate of drug-likeness (QED) is 0.771. The lowest BCUT2D eigenvalue weighted by Crippen LogP contribution is -2.40. The standard InChI is InChI=1S/C15H25N3O2/c1-10(2)14(20)17-13-7-6-11(8-16-13)12(9-19)18-15(3,4)5/h6-8,10,12,18-19H,9H2,1-5H3,(H,16,17,20). The van der Waals surface area contributed by atoms with Crippen LogP contribution in [0.25, 0.3) is 0 Å². The molecule has 0 fully saturated rings. The number of aromatic nitrogens is 1. The van der Waals surface area contributed by atoms with E-state index in [2.05, 4.69) is 15.6 Å². The van der Waals surface area contributed by atoms with Gasteiger partial charge in [0.15, 0.2) is 0 Å². The molecule has 0 spiro atoms. The molecule has 5 nitrogen and oxygen atoms in total. The van der Waals surface area contributed by atoms with E-state index in [4.69, 9.17) is 0 Å². The van der Waals surface area contributed by atoms with Crippen LogP contribution in [0.5, 0.6) is 0 Å². The average molecular weight is 279 g/mol. The highest BCUT2D eigenvalue weighted by Crippen LogP contribution is 2.17. The van der Waals surface area contributed by atoms with Crippen molar-refractivity contribution in [2.24, 2.45) is 5.92 Å². The molecule has 1 amide bonds. The maximum atomic E-state index is 11.6. The Kier molecular flexibility index (Phi) is 5.65. The molecule has 0 bridgehead atoms. The summed E-state index contributed by atoms with van der Waals surface area (Å²) in [7, 11) is 0. The first-order valence-corrected chi connectivity index (χ1v) is 6.88. The van der Waals surface area contributed by atoms with Crippen molar-refractivity contribution in [3.8, 4) is 0 Å². The molecule has 1 aromatic heterocycles. The fraction of sp³-hybridized carbons (Fsp3) is 0.600. The van der Waals surface area contributed by atoms with E-state index in [1.807, 2.05) is 40.7 Å². The lowest BCUT2D eigenvalue weighted by atomic mass is 10.0. The van der Waals surface area contributed by atoms with Crippen molar-refractivity contribution in [1.82, 2.24) is 10.3 Å². The minimum absolute atomic E-state index is 0.00332. The summed E-state index contributed by atoms with van der Waals surface area (Å²) in [6.07, 6.45) is 1.68. The predicted octanol–water partition coefficient (Wildman–Crippen LogP) is 2.10. The summed E-state index contributed by atoms with van der Waals surface area (Å²) in [6.45, 7) is 9.79. The third-order valence-electron chi connectivity index (χ3n) is 2.75. The first kappa shape index (κ1) is 16.6. The third kappa shape index (κ3) is 5.27. The Labute approximate surface area is 120 Å². The average Bonchev–Trinajstić information content (AvgIpc) is 2.35. The van der Waals surface area contributed by atoms with E-state index in [0.717, 1.165) is 5.56 Å². The number of aliphatic hydroxyl groups is 1. The molecule has 1 rings (SSSR count). The Balaban J connectivity index is 2.76. The second kappa shape index (κ2) is 6.81. The molecule has 1 aromatic rings. The number of hydrogen-bond donors (Lipinski definition) is 3. The fourth-order valence-electron chi connectivity index (χ4n) is 1.71. The van der Waals surface area contributed by atoms with Crippen LogP contribution in [0, 0.1) is 5.92 Å². The molecule has 1 atom stereocenters. The number of nitrogens with one attached hydrogen (secondary N) is 2. The number of aliphatic hydroxyl groups excluding tert-OH is 1. The summed E-state index contributed by atoms with van der Waals surface area (Å²) in [6, 6.07) is 3.45. The van der Waals surface area contributed by atoms with Crippen LogP contribution >= 0.6 is 0 Å². The van der Waals surface area contributed by atoms with Crippen LogP contribution in [0.4, 0.5) is 5.82 Å². The van der Waals surface area contributed by atoms with E-state index in [9.17, 15) is 9.90 Å². The normalized spacial score (nSPS) is 13.3. The Hall–Kier alpha value is -1.46. The highest BCUT2D eigenvalue weighted by molar-refractivity contribution is 5.91. The van der Waals surface area contributed by atoms with E-state index in [0.29, 0.717) is 5.82 Å². The van der Waals surface area contributed by atoms with Crippen molar-refractivity contribution < 1.29 is 9.90 Å². The number of hydrogen-bond acceptors (Lipinski definition) is 4. The van der Waals surface area contributed by atoms with Crippen molar-refractivity contribution in [2.45, 2.75) is 46.2 Å². The number of anilines is 1. The molecule has 3 N–H and O–H groups in total. The molecule has 20 heavy (non-hydrogen) atoms. The molecule has 0 saturated heterocycles. The molecule has 0 aromatic carbocycles. The van der Waals surface area contributed by atoms with Crippen LogP contribution in [0.2, 0.25) is 0 Å². The zero-order chi connectivity index (χ0) is 15.3. The van der Waals surface area contributed by atoms with E-state index < -0.39 is 0 Å².